The van der Waals surface area contributed by atoms with Crippen molar-refractivity contribution in [3.63, 3.8) is 0 Å². The third kappa shape index (κ3) is 1.43. The number of ether oxygens (including phenoxy) is 1. The lowest BCUT2D eigenvalue weighted by Gasteiger charge is -2.37. The fourth-order valence-corrected chi connectivity index (χ4v) is 4.26. The van der Waals surface area contributed by atoms with Gasteiger partial charge in [0.05, 0.1) is 0 Å². The summed E-state index contributed by atoms with van der Waals surface area (Å²) < 4.78 is 5.52. The van der Waals surface area contributed by atoms with E-state index in [9.17, 15) is 4.79 Å². The summed E-state index contributed by atoms with van der Waals surface area (Å²) in [6.45, 7) is 8.24. The molecule has 1 fully saturated rings. The number of carbonyl (C=O) groups is 1. The molecule has 1 amide bonds. The molecule has 0 spiro atoms. The molecule has 0 bridgehead atoms. The fraction of sp³-hybridized carbons (Fsp3) is 0.615. The van der Waals surface area contributed by atoms with Crippen molar-refractivity contribution in [1.29, 1.82) is 0 Å². The minimum absolute atomic E-state index is 0.0821. The molecule has 3 heterocycles. The van der Waals surface area contributed by atoms with E-state index in [2.05, 4.69) is 19.9 Å². The molecule has 2 aliphatic rings. The van der Waals surface area contributed by atoms with E-state index in [0.29, 0.717) is 0 Å². The first kappa shape index (κ1) is 11.1. The van der Waals surface area contributed by atoms with Crippen molar-refractivity contribution >= 4 is 17.4 Å². The Kier molecular flexibility index (Phi) is 2.12. The summed E-state index contributed by atoms with van der Waals surface area (Å²) in [5.41, 5.74) is 0.870. The van der Waals surface area contributed by atoms with Gasteiger partial charge in [-0.25, -0.2) is 4.79 Å². The van der Waals surface area contributed by atoms with Gasteiger partial charge in [-0.15, -0.1) is 11.3 Å². The highest BCUT2D eigenvalue weighted by atomic mass is 32.1. The van der Waals surface area contributed by atoms with Gasteiger partial charge in [0.15, 0.2) is 0 Å². The molecular formula is C13H17NO2S. The van der Waals surface area contributed by atoms with Gasteiger partial charge >= 0.3 is 6.09 Å². The number of hydrogen-bond acceptors (Lipinski definition) is 3. The Morgan fingerprint density at radius 2 is 2.24 bits per heavy atom. The normalized spacial score (nSPS) is 29.9. The highest BCUT2D eigenvalue weighted by Crippen LogP contribution is 2.48. The average Bonchev–Trinajstić information content (AvgIpc) is 2.64. The Labute approximate surface area is 105 Å². The van der Waals surface area contributed by atoms with E-state index >= 15 is 0 Å². The van der Waals surface area contributed by atoms with Gasteiger partial charge in [0.25, 0.3) is 0 Å². The predicted molar refractivity (Wildman–Crippen MR) is 67.4 cm³/mol. The molecule has 3 nitrogen and oxygen atoms in total. The van der Waals surface area contributed by atoms with E-state index in [1.807, 2.05) is 30.1 Å². The van der Waals surface area contributed by atoms with Crippen molar-refractivity contribution in [2.24, 2.45) is 0 Å². The second-order valence-corrected chi connectivity index (χ2v) is 6.91. The second kappa shape index (κ2) is 3.25. The molecule has 0 saturated carbocycles. The minimum atomic E-state index is -0.423. The number of carbonyl (C=O) groups excluding carboxylic acids is 1. The zero-order chi connectivity index (χ0) is 12.4. The van der Waals surface area contributed by atoms with E-state index in [1.54, 1.807) is 0 Å². The lowest BCUT2D eigenvalue weighted by Crippen LogP contribution is -2.43. The quantitative estimate of drug-likeness (QED) is 0.708. The molecule has 17 heavy (non-hydrogen) atoms. The molecular weight excluding hydrogens is 234 g/mol. The van der Waals surface area contributed by atoms with Crippen molar-refractivity contribution in [1.82, 2.24) is 4.90 Å². The summed E-state index contributed by atoms with van der Waals surface area (Å²) in [5, 5.41) is 0. The van der Waals surface area contributed by atoms with E-state index in [4.69, 9.17) is 4.74 Å². The Bertz CT molecular complexity index is 492. The lowest BCUT2D eigenvalue weighted by molar-refractivity contribution is 0.0659. The number of nitrogens with zero attached hydrogens (tertiary/aromatic N) is 1. The van der Waals surface area contributed by atoms with Crippen LogP contribution in [-0.4, -0.2) is 22.6 Å². The summed E-state index contributed by atoms with van der Waals surface area (Å²) in [5.74, 6) is 0. The molecule has 0 aromatic carbocycles. The average molecular weight is 251 g/mol. The molecule has 1 saturated heterocycles. The molecule has 0 N–H and O–H groups in total. The summed E-state index contributed by atoms with van der Waals surface area (Å²) in [6, 6.07) is 2.53. The predicted octanol–water partition coefficient (Wildman–Crippen LogP) is 3.27. The first-order valence-electron chi connectivity index (χ1n) is 6.00. The van der Waals surface area contributed by atoms with E-state index in [1.165, 1.54) is 15.3 Å². The number of hydrogen-bond donors (Lipinski definition) is 0. The topological polar surface area (TPSA) is 29.5 Å². The summed E-state index contributed by atoms with van der Waals surface area (Å²) in [7, 11) is 0. The van der Waals surface area contributed by atoms with Crippen LogP contribution in [0.5, 0.6) is 0 Å². The third-order valence-corrected chi connectivity index (χ3v) is 4.80. The van der Waals surface area contributed by atoms with Crippen LogP contribution in [0.2, 0.25) is 0 Å². The zero-order valence-corrected chi connectivity index (χ0v) is 11.4. The van der Waals surface area contributed by atoms with Crippen LogP contribution in [0.1, 0.15) is 42.1 Å². The van der Waals surface area contributed by atoms with Crippen molar-refractivity contribution in [2.75, 3.05) is 0 Å². The third-order valence-electron chi connectivity index (χ3n) is 3.71. The van der Waals surface area contributed by atoms with E-state index in [-0.39, 0.29) is 18.2 Å². The van der Waals surface area contributed by atoms with Crippen LogP contribution in [0.15, 0.2) is 6.07 Å². The Morgan fingerprint density at radius 1 is 1.53 bits per heavy atom. The highest BCUT2D eigenvalue weighted by molar-refractivity contribution is 7.12. The highest BCUT2D eigenvalue weighted by Gasteiger charge is 2.53. The Balaban J connectivity index is 2.16. The fourth-order valence-electron chi connectivity index (χ4n) is 3.07. The maximum Gasteiger partial charge on any atom is 0.411 e. The summed E-state index contributed by atoms with van der Waals surface area (Å²) in [6.07, 6.45) is 0.789. The maximum atomic E-state index is 12.0. The monoisotopic (exact) mass is 251 g/mol. The molecule has 92 valence electrons. The Hall–Kier alpha value is -1.03. The number of aryl methyl sites for hydroxylation is 1. The molecule has 0 aliphatic carbocycles. The number of thiophene rings is 1. The van der Waals surface area contributed by atoms with Crippen molar-refractivity contribution in [3.05, 3.63) is 21.4 Å². The maximum absolute atomic E-state index is 12.0. The van der Waals surface area contributed by atoms with E-state index < -0.39 is 5.60 Å². The molecule has 2 atom stereocenters. The van der Waals surface area contributed by atoms with Gasteiger partial charge in [-0.3, -0.25) is 4.90 Å². The zero-order valence-electron chi connectivity index (χ0n) is 10.6. The van der Waals surface area contributed by atoms with Gasteiger partial charge in [-0.2, -0.15) is 0 Å². The van der Waals surface area contributed by atoms with Crippen LogP contribution < -0.4 is 0 Å². The summed E-state index contributed by atoms with van der Waals surface area (Å²) >= 11 is 1.85. The molecule has 3 rings (SSSR count). The molecule has 2 aliphatic heterocycles. The standard InChI is InChI=1S/C13H17NO2S/c1-7-5-10-9(6-8(2)17-10)11-13(3,4)16-12(15)14(7)11/h6-7,11H,5H2,1-4H3. The van der Waals surface area contributed by atoms with Gasteiger partial charge in [0.2, 0.25) is 0 Å². The lowest BCUT2D eigenvalue weighted by atomic mass is 9.86. The van der Waals surface area contributed by atoms with Crippen LogP contribution in [0.25, 0.3) is 0 Å². The van der Waals surface area contributed by atoms with Crippen LogP contribution in [0.4, 0.5) is 4.79 Å². The van der Waals surface area contributed by atoms with Gasteiger partial charge < -0.3 is 4.74 Å². The van der Waals surface area contributed by atoms with Crippen LogP contribution in [-0.2, 0) is 11.2 Å². The van der Waals surface area contributed by atoms with Gasteiger partial charge in [-0.1, -0.05) is 0 Å². The number of rotatable bonds is 0. The first-order valence-corrected chi connectivity index (χ1v) is 6.82. The van der Waals surface area contributed by atoms with E-state index in [0.717, 1.165) is 6.42 Å². The van der Waals surface area contributed by atoms with Crippen LogP contribution in [0, 0.1) is 6.92 Å². The second-order valence-electron chi connectivity index (χ2n) is 5.57. The van der Waals surface area contributed by atoms with Crippen molar-refractivity contribution < 1.29 is 9.53 Å². The number of amides is 1. The Morgan fingerprint density at radius 3 is 2.94 bits per heavy atom. The summed E-state index contributed by atoms with van der Waals surface area (Å²) in [4.78, 5) is 16.6. The van der Waals surface area contributed by atoms with Crippen molar-refractivity contribution in [3.8, 4) is 0 Å². The number of cyclic esters (lactones) is 1. The van der Waals surface area contributed by atoms with Crippen LogP contribution in [0.3, 0.4) is 0 Å². The van der Waals surface area contributed by atoms with Gasteiger partial charge in [0, 0.05) is 22.2 Å². The van der Waals surface area contributed by atoms with Crippen LogP contribution >= 0.6 is 11.3 Å². The number of fused-ring (bicyclic) bond motifs is 3. The molecule has 4 heteroatoms. The van der Waals surface area contributed by atoms with Gasteiger partial charge in [-0.05, 0) is 39.3 Å². The molecule has 0 radical (unpaired) electrons. The SMILES string of the molecule is Cc1cc2c(s1)CC(C)N1C(=O)OC(C)(C)C21. The molecule has 1 aromatic heterocycles. The minimum Gasteiger partial charge on any atom is -0.441 e. The first-order chi connectivity index (χ1) is 7.90. The molecule has 1 aromatic rings. The van der Waals surface area contributed by atoms with Crippen molar-refractivity contribution in [2.45, 2.75) is 51.8 Å². The smallest absolute Gasteiger partial charge is 0.411 e. The molecule has 2 unspecified atom stereocenters. The van der Waals surface area contributed by atoms with Gasteiger partial charge in [0.1, 0.15) is 11.6 Å². The largest absolute Gasteiger partial charge is 0.441 e.